The average molecular weight is 464 g/mol. The van der Waals surface area contributed by atoms with Crippen molar-refractivity contribution in [3.63, 3.8) is 0 Å². The first-order chi connectivity index (χ1) is 15.1. The molecule has 0 radical (unpaired) electrons. The summed E-state index contributed by atoms with van der Waals surface area (Å²) >= 11 is 0. The zero-order valence-corrected chi connectivity index (χ0v) is 19.4. The van der Waals surface area contributed by atoms with Gasteiger partial charge in [0.15, 0.2) is 0 Å². The minimum absolute atomic E-state index is 0.0593. The SMILES string of the molecule is CCNC(=O)[C@@H](C)N(Cc1ccc(F)cc1)C(=O)CCCN(c1ccccc1)S(C)(=O)=O. The number of hydrogen-bond acceptors (Lipinski definition) is 4. The third kappa shape index (κ3) is 7.33. The fourth-order valence-electron chi connectivity index (χ4n) is 3.29. The molecule has 9 heteroatoms. The van der Waals surface area contributed by atoms with E-state index in [2.05, 4.69) is 5.32 Å². The van der Waals surface area contributed by atoms with Crippen LogP contribution in [0.3, 0.4) is 0 Å². The Balaban J connectivity index is 2.12. The molecular weight excluding hydrogens is 433 g/mol. The van der Waals surface area contributed by atoms with Crippen molar-refractivity contribution < 1.29 is 22.4 Å². The van der Waals surface area contributed by atoms with Gasteiger partial charge in [-0.05, 0) is 50.1 Å². The van der Waals surface area contributed by atoms with Crippen LogP contribution in [0.5, 0.6) is 0 Å². The molecule has 2 amide bonds. The van der Waals surface area contributed by atoms with E-state index >= 15 is 0 Å². The molecule has 0 aromatic heterocycles. The maximum absolute atomic E-state index is 13.2. The van der Waals surface area contributed by atoms with E-state index in [1.807, 2.05) is 0 Å². The molecule has 2 aromatic rings. The van der Waals surface area contributed by atoms with Crippen molar-refractivity contribution in [1.82, 2.24) is 10.2 Å². The van der Waals surface area contributed by atoms with E-state index in [1.165, 1.54) is 21.3 Å². The highest BCUT2D eigenvalue weighted by molar-refractivity contribution is 7.92. The zero-order valence-electron chi connectivity index (χ0n) is 18.6. The summed E-state index contributed by atoms with van der Waals surface area (Å²) in [5.41, 5.74) is 1.22. The lowest BCUT2D eigenvalue weighted by atomic mass is 10.1. The lowest BCUT2D eigenvalue weighted by molar-refractivity contribution is -0.140. The summed E-state index contributed by atoms with van der Waals surface area (Å²) in [5, 5.41) is 2.71. The maximum Gasteiger partial charge on any atom is 0.242 e. The number of para-hydroxylation sites is 1. The molecule has 7 nitrogen and oxygen atoms in total. The molecular formula is C23H30FN3O4S. The molecule has 0 unspecified atom stereocenters. The van der Waals surface area contributed by atoms with Crippen molar-refractivity contribution in [2.24, 2.45) is 0 Å². The van der Waals surface area contributed by atoms with Gasteiger partial charge >= 0.3 is 0 Å². The first-order valence-electron chi connectivity index (χ1n) is 10.5. The van der Waals surface area contributed by atoms with E-state index in [1.54, 1.807) is 56.3 Å². The summed E-state index contributed by atoms with van der Waals surface area (Å²) in [4.78, 5) is 26.9. The number of rotatable bonds is 11. The van der Waals surface area contributed by atoms with Gasteiger partial charge in [-0.25, -0.2) is 12.8 Å². The standard InChI is InChI=1S/C23H30FN3O4S/c1-4-25-23(29)18(2)26(17-19-12-14-20(24)15-13-19)22(28)11-8-16-27(32(3,30)31)21-9-6-5-7-10-21/h5-7,9-10,12-15,18H,4,8,11,16-17H2,1-3H3,(H,25,29)/t18-/m1/s1. The molecule has 2 rings (SSSR count). The van der Waals surface area contributed by atoms with Crippen LogP contribution in [0, 0.1) is 5.82 Å². The Morgan fingerprint density at radius 3 is 2.25 bits per heavy atom. The molecule has 0 saturated carbocycles. The number of likely N-dealkylation sites (N-methyl/N-ethyl adjacent to an activating group) is 1. The fraction of sp³-hybridized carbons (Fsp3) is 0.391. The number of halogens is 1. The van der Waals surface area contributed by atoms with Gasteiger partial charge in [-0.2, -0.15) is 0 Å². The second kappa shape index (κ2) is 11.6. The van der Waals surface area contributed by atoms with E-state index < -0.39 is 16.1 Å². The van der Waals surface area contributed by atoms with Crippen LogP contribution in [0.15, 0.2) is 54.6 Å². The molecule has 0 aliphatic rings. The van der Waals surface area contributed by atoms with E-state index in [0.717, 1.165) is 6.26 Å². The van der Waals surface area contributed by atoms with E-state index in [4.69, 9.17) is 0 Å². The van der Waals surface area contributed by atoms with Gasteiger partial charge in [0.2, 0.25) is 21.8 Å². The maximum atomic E-state index is 13.2. The summed E-state index contributed by atoms with van der Waals surface area (Å²) in [6.07, 6.45) is 1.46. The van der Waals surface area contributed by atoms with E-state index in [9.17, 15) is 22.4 Å². The van der Waals surface area contributed by atoms with Gasteiger partial charge in [0, 0.05) is 26.1 Å². The molecule has 0 aliphatic heterocycles. The fourth-order valence-corrected chi connectivity index (χ4v) is 4.25. The van der Waals surface area contributed by atoms with Gasteiger partial charge in [-0.3, -0.25) is 13.9 Å². The monoisotopic (exact) mass is 463 g/mol. The largest absolute Gasteiger partial charge is 0.355 e. The number of sulfonamides is 1. The van der Waals surface area contributed by atoms with Crippen LogP contribution in [0.25, 0.3) is 0 Å². The second-order valence-electron chi connectivity index (χ2n) is 7.49. The number of carbonyl (C=O) groups excluding carboxylic acids is 2. The van der Waals surface area contributed by atoms with Gasteiger partial charge in [-0.1, -0.05) is 30.3 Å². The minimum atomic E-state index is -3.52. The first-order valence-corrected chi connectivity index (χ1v) is 12.3. The molecule has 0 aliphatic carbocycles. The highest BCUT2D eigenvalue weighted by atomic mass is 32.2. The summed E-state index contributed by atoms with van der Waals surface area (Å²) in [6.45, 7) is 4.14. The lowest BCUT2D eigenvalue weighted by Gasteiger charge is -2.29. The Bertz CT molecular complexity index is 998. The molecule has 0 fully saturated rings. The van der Waals surface area contributed by atoms with Crippen LogP contribution in [0.4, 0.5) is 10.1 Å². The molecule has 1 atom stereocenters. The molecule has 0 spiro atoms. The van der Waals surface area contributed by atoms with Crippen molar-refractivity contribution in [2.75, 3.05) is 23.7 Å². The quantitative estimate of drug-likeness (QED) is 0.555. The number of carbonyl (C=O) groups is 2. The number of nitrogens with zero attached hydrogens (tertiary/aromatic N) is 2. The average Bonchev–Trinajstić information content (AvgIpc) is 2.75. The number of nitrogens with one attached hydrogen (secondary N) is 1. The third-order valence-electron chi connectivity index (χ3n) is 4.98. The third-order valence-corrected chi connectivity index (χ3v) is 6.17. The lowest BCUT2D eigenvalue weighted by Crippen LogP contribution is -2.47. The smallest absolute Gasteiger partial charge is 0.242 e. The zero-order chi connectivity index (χ0) is 23.7. The predicted octanol–water partition coefficient (Wildman–Crippen LogP) is 2.93. The number of hydrogen-bond donors (Lipinski definition) is 1. The second-order valence-corrected chi connectivity index (χ2v) is 9.40. The summed E-state index contributed by atoms with van der Waals surface area (Å²) in [6, 6.07) is 13.7. The van der Waals surface area contributed by atoms with Gasteiger partial charge < -0.3 is 10.2 Å². The molecule has 1 N–H and O–H groups in total. The number of anilines is 1. The van der Waals surface area contributed by atoms with E-state index in [0.29, 0.717) is 17.8 Å². The molecule has 174 valence electrons. The number of amides is 2. The van der Waals surface area contributed by atoms with Crippen LogP contribution in [0.1, 0.15) is 32.3 Å². The molecule has 2 aromatic carbocycles. The minimum Gasteiger partial charge on any atom is -0.355 e. The van der Waals surface area contributed by atoms with Crippen LogP contribution in [0.2, 0.25) is 0 Å². The molecule has 32 heavy (non-hydrogen) atoms. The highest BCUT2D eigenvalue weighted by Gasteiger charge is 2.26. The summed E-state index contributed by atoms with van der Waals surface area (Å²) < 4.78 is 39.0. The van der Waals surface area contributed by atoms with Gasteiger partial charge in [-0.15, -0.1) is 0 Å². The molecule has 0 bridgehead atoms. The highest BCUT2D eigenvalue weighted by Crippen LogP contribution is 2.18. The Labute approximate surface area is 189 Å². The summed E-state index contributed by atoms with van der Waals surface area (Å²) in [5.74, 6) is -0.954. The van der Waals surface area contributed by atoms with Crippen LogP contribution < -0.4 is 9.62 Å². The van der Waals surface area contributed by atoms with Gasteiger partial charge in [0.05, 0.1) is 11.9 Å². The van der Waals surface area contributed by atoms with Crippen molar-refractivity contribution in [3.05, 3.63) is 66.0 Å². The topological polar surface area (TPSA) is 86.8 Å². The number of benzene rings is 2. The van der Waals surface area contributed by atoms with Crippen molar-refractivity contribution in [1.29, 1.82) is 0 Å². The summed E-state index contributed by atoms with van der Waals surface area (Å²) in [7, 11) is -3.52. The molecule has 0 heterocycles. The van der Waals surface area contributed by atoms with Crippen molar-refractivity contribution in [3.8, 4) is 0 Å². The van der Waals surface area contributed by atoms with Crippen molar-refractivity contribution >= 4 is 27.5 Å². The Hall–Kier alpha value is -2.94. The Kier molecular flexibility index (Phi) is 9.19. The predicted molar refractivity (Wildman–Crippen MR) is 123 cm³/mol. The van der Waals surface area contributed by atoms with Crippen LogP contribution in [-0.2, 0) is 26.2 Å². The Morgan fingerprint density at radius 2 is 1.69 bits per heavy atom. The van der Waals surface area contributed by atoms with Crippen LogP contribution >= 0.6 is 0 Å². The van der Waals surface area contributed by atoms with Crippen molar-refractivity contribution in [2.45, 2.75) is 39.3 Å². The van der Waals surface area contributed by atoms with Crippen LogP contribution in [-0.4, -0.2) is 50.5 Å². The first kappa shape index (κ1) is 25.3. The van der Waals surface area contributed by atoms with E-state index in [-0.39, 0.29) is 43.6 Å². The Morgan fingerprint density at radius 1 is 1.06 bits per heavy atom. The normalized spacial score (nSPS) is 12.1. The van der Waals surface area contributed by atoms with Gasteiger partial charge in [0.1, 0.15) is 11.9 Å². The van der Waals surface area contributed by atoms with Gasteiger partial charge in [0.25, 0.3) is 0 Å². The molecule has 0 saturated heterocycles.